The summed E-state index contributed by atoms with van der Waals surface area (Å²) in [5, 5.41) is 2.36. The molecule has 2 amide bonds. The summed E-state index contributed by atoms with van der Waals surface area (Å²) in [6, 6.07) is 11.8. The van der Waals surface area contributed by atoms with Crippen molar-refractivity contribution in [3.8, 4) is 0 Å². The van der Waals surface area contributed by atoms with Crippen LogP contribution in [-0.4, -0.2) is 23.3 Å². The van der Waals surface area contributed by atoms with E-state index >= 15 is 0 Å². The van der Waals surface area contributed by atoms with E-state index in [4.69, 9.17) is 0 Å². The molecule has 0 aliphatic heterocycles. The average Bonchev–Trinajstić information content (AvgIpc) is 2.70. The minimum atomic E-state index is -0.893. The van der Waals surface area contributed by atoms with E-state index in [0.29, 0.717) is 12.6 Å². The topological polar surface area (TPSA) is 62.3 Å². The van der Waals surface area contributed by atoms with Gasteiger partial charge in [-0.05, 0) is 49.7 Å². The second-order valence-corrected chi connectivity index (χ2v) is 6.43. The number of aromatic nitrogens is 1. The quantitative estimate of drug-likeness (QED) is 0.687. The Morgan fingerprint density at radius 1 is 1.03 bits per heavy atom. The van der Waals surface area contributed by atoms with Gasteiger partial charge in [0.2, 0.25) is 0 Å². The first-order valence-electron chi connectivity index (χ1n) is 8.99. The fourth-order valence-corrected chi connectivity index (χ4v) is 2.86. The van der Waals surface area contributed by atoms with Crippen molar-refractivity contribution in [1.82, 2.24) is 4.98 Å². The van der Waals surface area contributed by atoms with Gasteiger partial charge in [0.15, 0.2) is 0 Å². The number of halogens is 2. The maximum absolute atomic E-state index is 13.8. The number of nitrogens with zero attached hydrogens (tertiary/aromatic N) is 2. The zero-order chi connectivity index (χ0) is 21.0. The van der Waals surface area contributed by atoms with Crippen LogP contribution >= 0.6 is 0 Å². The normalized spacial score (nSPS) is 10.5. The number of amides is 2. The molecule has 1 heterocycles. The molecule has 0 saturated heterocycles. The molecule has 0 fully saturated rings. The number of rotatable bonds is 5. The number of pyridine rings is 1. The Labute approximate surface area is 167 Å². The van der Waals surface area contributed by atoms with E-state index in [9.17, 15) is 18.4 Å². The van der Waals surface area contributed by atoms with Crippen molar-refractivity contribution in [3.63, 3.8) is 0 Å². The lowest BCUT2D eigenvalue weighted by Crippen LogP contribution is -2.31. The summed E-state index contributed by atoms with van der Waals surface area (Å²) in [5.41, 5.74) is 1.89. The highest BCUT2D eigenvalue weighted by Gasteiger charge is 2.19. The van der Waals surface area contributed by atoms with Crippen LogP contribution in [-0.2, 0) is 0 Å². The molecule has 0 unspecified atom stereocenters. The predicted octanol–water partition coefficient (Wildman–Crippen LogP) is 4.59. The molecule has 7 heteroatoms. The first-order chi connectivity index (χ1) is 13.9. The van der Waals surface area contributed by atoms with E-state index < -0.39 is 17.5 Å². The number of benzene rings is 2. The van der Waals surface area contributed by atoms with E-state index in [1.165, 1.54) is 18.5 Å². The standard InChI is InChI=1S/C22H19F2N3O2/c1-3-27(18-6-4-5-14(2)9-18)22(29)16-10-15(12-25-13-16)21(28)26-20-8-7-17(23)11-19(20)24/h4-13H,3H2,1-2H3,(H,26,28). The number of nitrogens with one attached hydrogen (secondary N) is 1. The maximum Gasteiger partial charge on any atom is 0.259 e. The first kappa shape index (κ1) is 20.1. The van der Waals surface area contributed by atoms with E-state index in [2.05, 4.69) is 10.3 Å². The Hall–Kier alpha value is -3.61. The fourth-order valence-electron chi connectivity index (χ4n) is 2.86. The van der Waals surface area contributed by atoms with Crippen LogP contribution in [0.1, 0.15) is 33.2 Å². The average molecular weight is 395 g/mol. The zero-order valence-electron chi connectivity index (χ0n) is 15.9. The third-order valence-corrected chi connectivity index (χ3v) is 4.30. The third kappa shape index (κ3) is 4.63. The fraction of sp³-hybridized carbons (Fsp3) is 0.136. The van der Waals surface area contributed by atoms with Crippen LogP contribution < -0.4 is 10.2 Å². The Bertz CT molecular complexity index is 1070. The summed E-state index contributed by atoms with van der Waals surface area (Å²) in [5.74, 6) is -2.61. The van der Waals surface area contributed by atoms with Gasteiger partial charge in [-0.1, -0.05) is 12.1 Å². The van der Waals surface area contributed by atoms with E-state index in [1.54, 1.807) is 4.90 Å². The molecule has 2 aromatic carbocycles. The van der Waals surface area contributed by atoms with Gasteiger partial charge in [-0.2, -0.15) is 0 Å². The second-order valence-electron chi connectivity index (χ2n) is 6.43. The van der Waals surface area contributed by atoms with Crippen molar-refractivity contribution < 1.29 is 18.4 Å². The summed E-state index contributed by atoms with van der Waals surface area (Å²) < 4.78 is 26.8. The van der Waals surface area contributed by atoms with Crippen LogP contribution in [0.2, 0.25) is 0 Å². The second kappa shape index (κ2) is 8.60. The molecular formula is C22H19F2N3O2. The minimum absolute atomic E-state index is 0.0832. The van der Waals surface area contributed by atoms with Gasteiger partial charge in [0.25, 0.3) is 11.8 Å². The highest BCUT2D eigenvalue weighted by molar-refractivity contribution is 6.09. The molecule has 0 bridgehead atoms. The van der Waals surface area contributed by atoms with E-state index in [-0.39, 0.29) is 22.7 Å². The monoisotopic (exact) mass is 395 g/mol. The number of hydrogen-bond donors (Lipinski definition) is 1. The van der Waals surface area contributed by atoms with Gasteiger partial charge >= 0.3 is 0 Å². The minimum Gasteiger partial charge on any atom is -0.319 e. The predicted molar refractivity (Wildman–Crippen MR) is 107 cm³/mol. The lowest BCUT2D eigenvalue weighted by atomic mass is 10.1. The number of anilines is 2. The molecule has 3 rings (SSSR count). The Morgan fingerprint density at radius 2 is 1.79 bits per heavy atom. The van der Waals surface area contributed by atoms with Crippen LogP contribution in [0.25, 0.3) is 0 Å². The molecule has 0 spiro atoms. The number of carbonyl (C=O) groups excluding carboxylic acids is 2. The SMILES string of the molecule is CCN(C(=O)c1cncc(C(=O)Nc2ccc(F)cc2F)c1)c1cccc(C)c1. The smallest absolute Gasteiger partial charge is 0.259 e. The van der Waals surface area contributed by atoms with Gasteiger partial charge in [0, 0.05) is 30.7 Å². The molecule has 5 nitrogen and oxygen atoms in total. The van der Waals surface area contributed by atoms with E-state index in [1.807, 2.05) is 38.1 Å². The molecule has 0 saturated carbocycles. The van der Waals surface area contributed by atoms with Crippen molar-refractivity contribution >= 4 is 23.2 Å². The van der Waals surface area contributed by atoms with Crippen molar-refractivity contribution in [3.05, 3.63) is 89.2 Å². The highest BCUT2D eigenvalue weighted by atomic mass is 19.1. The molecule has 1 N–H and O–H groups in total. The van der Waals surface area contributed by atoms with Crippen molar-refractivity contribution in [1.29, 1.82) is 0 Å². The first-order valence-corrected chi connectivity index (χ1v) is 8.99. The molecule has 1 aromatic heterocycles. The number of carbonyl (C=O) groups is 2. The summed E-state index contributed by atoms with van der Waals surface area (Å²) in [6.45, 7) is 4.21. The molecule has 3 aromatic rings. The van der Waals surface area contributed by atoms with Gasteiger partial charge < -0.3 is 10.2 Å². The Morgan fingerprint density at radius 3 is 2.48 bits per heavy atom. The van der Waals surface area contributed by atoms with Gasteiger partial charge in [-0.3, -0.25) is 14.6 Å². The largest absolute Gasteiger partial charge is 0.319 e. The van der Waals surface area contributed by atoms with Crippen molar-refractivity contribution in [2.45, 2.75) is 13.8 Å². The summed E-state index contributed by atoms with van der Waals surface area (Å²) >= 11 is 0. The molecule has 148 valence electrons. The summed E-state index contributed by atoms with van der Waals surface area (Å²) in [4.78, 5) is 31.0. The van der Waals surface area contributed by atoms with Crippen molar-refractivity contribution in [2.75, 3.05) is 16.8 Å². The molecular weight excluding hydrogens is 376 g/mol. The van der Waals surface area contributed by atoms with E-state index in [0.717, 1.165) is 23.4 Å². The van der Waals surface area contributed by atoms with Gasteiger partial charge in [-0.25, -0.2) is 8.78 Å². The molecule has 0 radical (unpaired) electrons. The maximum atomic E-state index is 13.8. The van der Waals surface area contributed by atoms with Crippen LogP contribution in [0.5, 0.6) is 0 Å². The van der Waals surface area contributed by atoms with Crippen LogP contribution in [0.4, 0.5) is 20.2 Å². The van der Waals surface area contributed by atoms with Gasteiger partial charge in [0.05, 0.1) is 16.8 Å². The summed E-state index contributed by atoms with van der Waals surface area (Å²) in [6.07, 6.45) is 2.65. The molecule has 29 heavy (non-hydrogen) atoms. The number of hydrogen-bond acceptors (Lipinski definition) is 3. The van der Waals surface area contributed by atoms with Gasteiger partial charge in [0.1, 0.15) is 11.6 Å². The Balaban J connectivity index is 1.84. The lowest BCUT2D eigenvalue weighted by Gasteiger charge is -2.21. The molecule has 0 aliphatic rings. The third-order valence-electron chi connectivity index (χ3n) is 4.30. The highest BCUT2D eigenvalue weighted by Crippen LogP contribution is 2.20. The summed E-state index contributed by atoms with van der Waals surface area (Å²) in [7, 11) is 0. The van der Waals surface area contributed by atoms with Crippen LogP contribution in [0.3, 0.4) is 0 Å². The zero-order valence-corrected chi connectivity index (χ0v) is 15.9. The molecule has 0 atom stereocenters. The Kier molecular flexibility index (Phi) is 5.97. The molecule has 0 aliphatic carbocycles. The van der Waals surface area contributed by atoms with Crippen molar-refractivity contribution in [2.24, 2.45) is 0 Å². The van der Waals surface area contributed by atoms with Crippen LogP contribution in [0.15, 0.2) is 60.9 Å². The van der Waals surface area contributed by atoms with Gasteiger partial charge in [-0.15, -0.1) is 0 Å². The number of aryl methyl sites for hydroxylation is 1. The van der Waals surface area contributed by atoms with Crippen LogP contribution in [0, 0.1) is 18.6 Å². The lowest BCUT2D eigenvalue weighted by molar-refractivity contribution is 0.0988.